The quantitative estimate of drug-likeness (QED) is 0.460. The molecule has 1 aromatic heterocycles. The second-order valence-corrected chi connectivity index (χ2v) is 5.90. The van der Waals surface area contributed by atoms with E-state index in [9.17, 15) is 10.1 Å². The van der Waals surface area contributed by atoms with Crippen molar-refractivity contribution in [1.29, 1.82) is 5.26 Å². The van der Waals surface area contributed by atoms with E-state index in [1.54, 1.807) is 38.1 Å². The van der Waals surface area contributed by atoms with Gasteiger partial charge in [0.25, 0.3) is 5.91 Å². The standard InChI is InChI=1S/C18H14BrN3O2/c1-4-7-24-17-6-5-16(19)10-14(17)9-15(11-20)18(23)22-13(3)8-12(2)21-22/h1,5-6,8-10H,7H2,2-3H3/b15-9+. The molecular weight excluding hydrogens is 370 g/mol. The monoisotopic (exact) mass is 383 g/mol. The van der Waals surface area contributed by atoms with Crippen molar-refractivity contribution in [1.82, 2.24) is 9.78 Å². The largest absolute Gasteiger partial charge is 0.480 e. The second kappa shape index (κ2) is 7.63. The number of allylic oxidation sites excluding steroid dienone is 1. The van der Waals surface area contributed by atoms with Crippen molar-refractivity contribution in [2.45, 2.75) is 13.8 Å². The molecule has 0 aliphatic rings. The number of nitriles is 1. The maximum Gasteiger partial charge on any atom is 0.289 e. The van der Waals surface area contributed by atoms with E-state index in [-0.39, 0.29) is 12.2 Å². The molecule has 0 saturated heterocycles. The Kier molecular flexibility index (Phi) is 5.57. The van der Waals surface area contributed by atoms with Crippen molar-refractivity contribution in [2.24, 2.45) is 0 Å². The molecule has 0 amide bonds. The molecule has 0 radical (unpaired) electrons. The van der Waals surface area contributed by atoms with Crippen LogP contribution < -0.4 is 4.74 Å². The Labute approximate surface area is 148 Å². The smallest absolute Gasteiger partial charge is 0.289 e. The fourth-order valence-corrected chi connectivity index (χ4v) is 2.51. The van der Waals surface area contributed by atoms with Gasteiger partial charge in [0.1, 0.15) is 24.0 Å². The molecule has 0 unspecified atom stereocenters. The van der Waals surface area contributed by atoms with Gasteiger partial charge >= 0.3 is 0 Å². The Morgan fingerprint density at radius 1 is 1.46 bits per heavy atom. The third kappa shape index (κ3) is 3.92. The number of aromatic nitrogens is 2. The number of halogens is 1. The van der Waals surface area contributed by atoms with Crippen LogP contribution in [0.4, 0.5) is 0 Å². The van der Waals surface area contributed by atoms with Crippen LogP contribution in [0.15, 0.2) is 34.3 Å². The summed E-state index contributed by atoms with van der Waals surface area (Å²) in [7, 11) is 0. The van der Waals surface area contributed by atoms with Gasteiger partial charge in [-0.3, -0.25) is 4.79 Å². The fraction of sp³-hybridized carbons (Fsp3) is 0.167. The molecular formula is C18H14BrN3O2. The van der Waals surface area contributed by atoms with Gasteiger partial charge in [0.05, 0.1) is 5.69 Å². The van der Waals surface area contributed by atoms with Crippen molar-refractivity contribution >= 4 is 27.9 Å². The lowest BCUT2D eigenvalue weighted by molar-refractivity contribution is 0.0944. The van der Waals surface area contributed by atoms with Crippen LogP contribution >= 0.6 is 15.9 Å². The van der Waals surface area contributed by atoms with Crippen LogP contribution in [-0.2, 0) is 0 Å². The highest BCUT2D eigenvalue weighted by atomic mass is 79.9. The minimum Gasteiger partial charge on any atom is -0.480 e. The SMILES string of the molecule is C#CCOc1ccc(Br)cc1/C=C(\C#N)C(=O)n1nc(C)cc1C. The first-order valence-corrected chi connectivity index (χ1v) is 7.81. The number of carbonyl (C=O) groups is 1. The lowest BCUT2D eigenvalue weighted by atomic mass is 10.1. The zero-order chi connectivity index (χ0) is 17.7. The van der Waals surface area contributed by atoms with E-state index in [1.165, 1.54) is 10.8 Å². The van der Waals surface area contributed by atoms with Gasteiger partial charge in [0.2, 0.25) is 0 Å². The van der Waals surface area contributed by atoms with E-state index in [4.69, 9.17) is 11.2 Å². The molecule has 0 bridgehead atoms. The molecule has 5 nitrogen and oxygen atoms in total. The highest BCUT2D eigenvalue weighted by Crippen LogP contribution is 2.26. The number of benzene rings is 1. The van der Waals surface area contributed by atoms with Gasteiger partial charge < -0.3 is 4.74 Å². The summed E-state index contributed by atoms with van der Waals surface area (Å²) in [5, 5.41) is 13.5. The lowest BCUT2D eigenvalue weighted by Crippen LogP contribution is -2.15. The van der Waals surface area contributed by atoms with Crippen LogP contribution in [0.5, 0.6) is 5.75 Å². The number of rotatable bonds is 4. The van der Waals surface area contributed by atoms with Crippen molar-refractivity contribution < 1.29 is 9.53 Å². The summed E-state index contributed by atoms with van der Waals surface area (Å²) in [4.78, 5) is 12.5. The van der Waals surface area contributed by atoms with Crippen LogP contribution in [-0.4, -0.2) is 22.3 Å². The van der Waals surface area contributed by atoms with Gasteiger partial charge in [-0.25, -0.2) is 4.68 Å². The molecule has 2 aromatic rings. The number of nitrogens with zero attached hydrogens (tertiary/aromatic N) is 3. The number of carbonyl (C=O) groups excluding carboxylic acids is 1. The Morgan fingerprint density at radius 2 is 2.21 bits per heavy atom. The summed E-state index contributed by atoms with van der Waals surface area (Å²) < 4.78 is 7.46. The number of hydrogen-bond donors (Lipinski definition) is 0. The summed E-state index contributed by atoms with van der Waals surface area (Å²) >= 11 is 3.36. The molecule has 0 atom stereocenters. The van der Waals surface area contributed by atoms with Gasteiger partial charge in [0.15, 0.2) is 0 Å². The fourth-order valence-electron chi connectivity index (χ4n) is 2.13. The Hall–Kier alpha value is -2.83. The Morgan fingerprint density at radius 3 is 2.79 bits per heavy atom. The summed E-state index contributed by atoms with van der Waals surface area (Å²) in [5.74, 6) is 2.38. The summed E-state index contributed by atoms with van der Waals surface area (Å²) in [5.41, 5.74) is 1.89. The molecule has 0 aliphatic heterocycles. The molecule has 0 saturated carbocycles. The third-order valence-corrected chi connectivity index (χ3v) is 3.63. The van der Waals surface area contributed by atoms with Gasteiger partial charge in [-0.1, -0.05) is 21.9 Å². The van der Waals surface area contributed by atoms with Gasteiger partial charge in [0, 0.05) is 15.7 Å². The van der Waals surface area contributed by atoms with Crippen molar-refractivity contribution in [3.05, 3.63) is 51.3 Å². The molecule has 1 heterocycles. The average molecular weight is 384 g/mol. The molecule has 120 valence electrons. The zero-order valence-corrected chi connectivity index (χ0v) is 14.8. The lowest BCUT2D eigenvalue weighted by Gasteiger charge is -2.08. The number of aryl methyl sites for hydroxylation is 2. The molecule has 1 aromatic carbocycles. The Bertz CT molecular complexity index is 898. The first kappa shape index (κ1) is 17.5. The van der Waals surface area contributed by atoms with Crippen molar-refractivity contribution in [2.75, 3.05) is 6.61 Å². The Balaban J connectivity index is 2.46. The second-order valence-electron chi connectivity index (χ2n) is 4.99. The maximum absolute atomic E-state index is 12.5. The topological polar surface area (TPSA) is 67.9 Å². The first-order valence-electron chi connectivity index (χ1n) is 7.02. The summed E-state index contributed by atoms with van der Waals surface area (Å²) in [6.45, 7) is 3.63. The predicted octanol–water partition coefficient (Wildman–Crippen LogP) is 3.52. The van der Waals surface area contributed by atoms with Gasteiger partial charge in [-0.05, 0) is 44.2 Å². The zero-order valence-electron chi connectivity index (χ0n) is 13.2. The van der Waals surface area contributed by atoms with E-state index >= 15 is 0 Å². The van der Waals surface area contributed by atoms with E-state index < -0.39 is 5.91 Å². The van der Waals surface area contributed by atoms with Crippen molar-refractivity contribution in [3.63, 3.8) is 0 Å². The number of hydrogen-bond acceptors (Lipinski definition) is 4. The summed E-state index contributed by atoms with van der Waals surface area (Å²) in [6.07, 6.45) is 6.68. The van der Waals surface area contributed by atoms with Crippen LogP contribution in [0, 0.1) is 37.5 Å². The van der Waals surface area contributed by atoms with Gasteiger partial charge in [-0.15, -0.1) is 6.42 Å². The molecule has 0 aliphatic carbocycles. The highest BCUT2D eigenvalue weighted by molar-refractivity contribution is 9.10. The van der Waals surface area contributed by atoms with Crippen molar-refractivity contribution in [3.8, 4) is 24.2 Å². The molecule has 0 fully saturated rings. The average Bonchev–Trinajstić information content (AvgIpc) is 2.89. The minimum absolute atomic E-state index is 0.0511. The molecule has 6 heteroatoms. The van der Waals surface area contributed by atoms with E-state index in [0.29, 0.717) is 22.7 Å². The normalized spacial score (nSPS) is 10.8. The molecule has 24 heavy (non-hydrogen) atoms. The summed E-state index contributed by atoms with van der Waals surface area (Å²) in [6, 6.07) is 8.95. The molecule has 0 N–H and O–H groups in total. The molecule has 2 rings (SSSR count). The van der Waals surface area contributed by atoms with E-state index in [2.05, 4.69) is 26.9 Å². The minimum atomic E-state index is -0.494. The predicted molar refractivity (Wildman–Crippen MR) is 94.4 cm³/mol. The highest BCUT2D eigenvalue weighted by Gasteiger charge is 2.16. The van der Waals surface area contributed by atoms with E-state index in [1.807, 2.05) is 6.07 Å². The van der Waals surface area contributed by atoms with Gasteiger partial charge in [-0.2, -0.15) is 10.4 Å². The van der Waals surface area contributed by atoms with Crippen LogP contribution in [0.2, 0.25) is 0 Å². The third-order valence-electron chi connectivity index (χ3n) is 3.14. The molecule has 0 spiro atoms. The number of ether oxygens (including phenoxy) is 1. The van der Waals surface area contributed by atoms with Crippen LogP contribution in [0.25, 0.3) is 6.08 Å². The number of terminal acetylenes is 1. The van der Waals surface area contributed by atoms with E-state index in [0.717, 1.165) is 4.47 Å². The van der Waals surface area contributed by atoms with Crippen LogP contribution in [0.1, 0.15) is 21.7 Å². The maximum atomic E-state index is 12.5. The van der Waals surface area contributed by atoms with Crippen LogP contribution in [0.3, 0.4) is 0 Å². The first-order chi connectivity index (χ1) is 11.5.